The molecule has 1 saturated heterocycles. The third-order valence-electron chi connectivity index (χ3n) is 3.35. The van der Waals surface area contributed by atoms with Gasteiger partial charge in [0, 0.05) is 26.2 Å². The molecular formula is C13H19Cl2F3N2O2. The van der Waals surface area contributed by atoms with Crippen LogP contribution < -0.4 is 10.1 Å². The van der Waals surface area contributed by atoms with Gasteiger partial charge < -0.3 is 15.2 Å². The van der Waals surface area contributed by atoms with Gasteiger partial charge in [-0.25, -0.2) is 0 Å². The highest BCUT2D eigenvalue weighted by Gasteiger charge is 2.45. The number of rotatable bonds is 3. The first-order valence-corrected chi connectivity index (χ1v) is 6.32. The van der Waals surface area contributed by atoms with Gasteiger partial charge in [-0.2, -0.15) is 13.2 Å². The van der Waals surface area contributed by atoms with Gasteiger partial charge in [-0.3, -0.25) is 4.90 Å². The number of alkyl halides is 3. The summed E-state index contributed by atoms with van der Waals surface area (Å²) in [5.74, 6) is -0.121. The number of ether oxygens (including phenoxy) is 1. The average Bonchev–Trinajstić information content (AvgIpc) is 2.40. The van der Waals surface area contributed by atoms with E-state index in [1.165, 1.54) is 30.2 Å². The first-order valence-electron chi connectivity index (χ1n) is 6.32. The lowest BCUT2D eigenvalue weighted by Crippen LogP contribution is -2.49. The highest BCUT2D eigenvalue weighted by Crippen LogP contribution is 2.40. The predicted molar refractivity (Wildman–Crippen MR) is 82.4 cm³/mol. The molecule has 0 saturated carbocycles. The Morgan fingerprint density at radius 2 is 1.82 bits per heavy atom. The standard InChI is InChI=1S/C13H17F3N2O2.2ClH/c1-20-11-8-9(2-3-10(11)19)12(13(14,15)16)18-6-4-17-5-7-18;;/h2-3,8,12,17,19H,4-7H2,1H3;2*1H/t12-;;/m0../s1. The molecule has 0 aliphatic carbocycles. The molecular weight excluding hydrogens is 344 g/mol. The summed E-state index contributed by atoms with van der Waals surface area (Å²) >= 11 is 0. The lowest BCUT2D eigenvalue weighted by molar-refractivity contribution is -0.187. The minimum atomic E-state index is -4.38. The molecule has 0 amide bonds. The van der Waals surface area contributed by atoms with Crippen molar-refractivity contribution in [2.24, 2.45) is 0 Å². The second-order valence-electron chi connectivity index (χ2n) is 4.66. The predicted octanol–water partition coefficient (Wildman–Crippen LogP) is 2.75. The second-order valence-corrected chi connectivity index (χ2v) is 4.66. The van der Waals surface area contributed by atoms with Crippen molar-refractivity contribution >= 4 is 24.8 Å². The van der Waals surface area contributed by atoms with E-state index in [-0.39, 0.29) is 41.9 Å². The van der Waals surface area contributed by atoms with Crippen LogP contribution in [-0.2, 0) is 0 Å². The molecule has 0 spiro atoms. The number of halogens is 5. The summed E-state index contributed by atoms with van der Waals surface area (Å²) in [5.41, 5.74) is 0.0778. The van der Waals surface area contributed by atoms with Crippen molar-refractivity contribution in [3.63, 3.8) is 0 Å². The Kier molecular flexibility index (Phi) is 8.32. The Balaban J connectivity index is 0.00000220. The molecule has 1 aromatic rings. The van der Waals surface area contributed by atoms with Gasteiger partial charge in [0.05, 0.1) is 7.11 Å². The third kappa shape index (κ3) is 4.81. The molecule has 0 aromatic heterocycles. The lowest BCUT2D eigenvalue weighted by atomic mass is 10.0. The van der Waals surface area contributed by atoms with Crippen molar-refractivity contribution in [3.8, 4) is 11.5 Å². The molecule has 22 heavy (non-hydrogen) atoms. The topological polar surface area (TPSA) is 44.7 Å². The Bertz CT molecular complexity index is 469. The van der Waals surface area contributed by atoms with Crippen LogP contribution in [0.2, 0.25) is 0 Å². The fourth-order valence-corrected chi connectivity index (χ4v) is 2.41. The van der Waals surface area contributed by atoms with Crippen molar-refractivity contribution in [1.82, 2.24) is 10.2 Å². The largest absolute Gasteiger partial charge is 0.504 e. The number of phenols is 1. The van der Waals surface area contributed by atoms with Crippen LogP contribution in [-0.4, -0.2) is 49.5 Å². The van der Waals surface area contributed by atoms with Gasteiger partial charge in [0.15, 0.2) is 11.5 Å². The maximum atomic E-state index is 13.4. The Morgan fingerprint density at radius 1 is 1.23 bits per heavy atom. The molecule has 4 nitrogen and oxygen atoms in total. The van der Waals surface area contributed by atoms with E-state index in [1.54, 1.807) is 0 Å². The van der Waals surface area contributed by atoms with Crippen LogP contribution in [0.4, 0.5) is 13.2 Å². The van der Waals surface area contributed by atoms with Crippen molar-refractivity contribution in [1.29, 1.82) is 0 Å². The van der Waals surface area contributed by atoms with Crippen molar-refractivity contribution in [3.05, 3.63) is 23.8 Å². The fraction of sp³-hybridized carbons (Fsp3) is 0.538. The minimum absolute atomic E-state index is 0. The summed E-state index contributed by atoms with van der Waals surface area (Å²) < 4.78 is 45.0. The van der Waals surface area contributed by atoms with Gasteiger partial charge in [0.25, 0.3) is 0 Å². The van der Waals surface area contributed by atoms with E-state index in [9.17, 15) is 18.3 Å². The van der Waals surface area contributed by atoms with Gasteiger partial charge >= 0.3 is 6.18 Å². The van der Waals surface area contributed by atoms with Crippen LogP contribution in [0.15, 0.2) is 18.2 Å². The van der Waals surface area contributed by atoms with E-state index in [0.29, 0.717) is 26.2 Å². The van der Waals surface area contributed by atoms with Crippen molar-refractivity contribution in [2.45, 2.75) is 12.2 Å². The Morgan fingerprint density at radius 3 is 2.32 bits per heavy atom. The maximum Gasteiger partial charge on any atom is 0.408 e. The highest BCUT2D eigenvalue weighted by molar-refractivity contribution is 5.85. The monoisotopic (exact) mass is 362 g/mol. The summed E-state index contributed by atoms with van der Waals surface area (Å²) in [5, 5.41) is 12.5. The van der Waals surface area contributed by atoms with Gasteiger partial charge in [-0.05, 0) is 17.7 Å². The molecule has 1 aliphatic heterocycles. The summed E-state index contributed by atoms with van der Waals surface area (Å²) in [6.45, 7) is 1.71. The molecule has 1 aliphatic rings. The second kappa shape index (κ2) is 8.67. The third-order valence-corrected chi connectivity index (χ3v) is 3.35. The van der Waals surface area contributed by atoms with Gasteiger partial charge in [-0.15, -0.1) is 24.8 Å². The normalized spacial score (nSPS) is 17.1. The molecule has 0 radical (unpaired) electrons. The lowest BCUT2D eigenvalue weighted by Gasteiger charge is -2.36. The number of benzene rings is 1. The first kappa shape index (κ1) is 21.1. The van der Waals surface area contributed by atoms with Crippen LogP contribution in [0.25, 0.3) is 0 Å². The minimum Gasteiger partial charge on any atom is -0.504 e. The average molecular weight is 363 g/mol. The highest BCUT2D eigenvalue weighted by atomic mass is 35.5. The van der Waals surface area contributed by atoms with Crippen LogP contribution in [0.5, 0.6) is 11.5 Å². The zero-order valence-corrected chi connectivity index (χ0v) is 13.5. The zero-order chi connectivity index (χ0) is 14.8. The van der Waals surface area contributed by atoms with Crippen LogP contribution in [0.1, 0.15) is 11.6 Å². The van der Waals surface area contributed by atoms with Gasteiger partial charge in [-0.1, -0.05) is 6.07 Å². The molecule has 2 N–H and O–H groups in total. The molecule has 1 heterocycles. The van der Waals surface area contributed by atoms with Gasteiger partial charge in [0.2, 0.25) is 0 Å². The molecule has 128 valence electrons. The SMILES string of the molecule is COc1cc([C@H](N2CCNCC2)C(F)(F)F)ccc1O.Cl.Cl. The number of piperazine rings is 1. The number of nitrogens with zero attached hydrogens (tertiary/aromatic N) is 1. The van der Waals surface area contributed by atoms with Crippen LogP contribution in [0.3, 0.4) is 0 Å². The summed E-state index contributed by atoms with van der Waals surface area (Å²) in [6, 6.07) is 2.09. The fourth-order valence-electron chi connectivity index (χ4n) is 2.41. The number of nitrogens with one attached hydrogen (secondary N) is 1. The van der Waals surface area contributed by atoms with Crippen molar-refractivity contribution < 1.29 is 23.0 Å². The molecule has 1 aromatic carbocycles. The van der Waals surface area contributed by atoms with Gasteiger partial charge in [0.1, 0.15) is 6.04 Å². The van der Waals surface area contributed by atoms with E-state index >= 15 is 0 Å². The molecule has 1 fully saturated rings. The summed E-state index contributed by atoms with van der Waals surface area (Å²) in [7, 11) is 1.31. The Hall–Kier alpha value is -0.890. The first-order chi connectivity index (χ1) is 9.43. The van der Waals surface area contributed by atoms with E-state index < -0.39 is 12.2 Å². The molecule has 1 atom stereocenters. The smallest absolute Gasteiger partial charge is 0.408 e. The zero-order valence-electron chi connectivity index (χ0n) is 11.9. The van der Waals surface area contributed by atoms with Crippen LogP contribution >= 0.6 is 24.8 Å². The summed E-state index contributed by atoms with van der Waals surface area (Å²) in [4.78, 5) is 1.39. The maximum absolute atomic E-state index is 13.4. The summed E-state index contributed by atoms with van der Waals surface area (Å²) in [6.07, 6.45) is -4.38. The van der Waals surface area contributed by atoms with E-state index in [2.05, 4.69) is 5.32 Å². The molecule has 0 bridgehead atoms. The quantitative estimate of drug-likeness (QED) is 0.867. The molecule has 2 rings (SSSR count). The van der Waals surface area contributed by atoms with E-state index in [4.69, 9.17) is 4.74 Å². The molecule has 0 unspecified atom stereocenters. The number of hydrogen-bond donors (Lipinski definition) is 2. The van der Waals surface area contributed by atoms with Crippen molar-refractivity contribution in [2.75, 3.05) is 33.3 Å². The number of hydrogen-bond acceptors (Lipinski definition) is 4. The number of aromatic hydroxyl groups is 1. The van der Waals surface area contributed by atoms with E-state index in [1.807, 2.05) is 0 Å². The van der Waals surface area contributed by atoms with E-state index in [0.717, 1.165) is 0 Å². The number of phenolic OH excluding ortho intramolecular Hbond substituents is 1. The number of methoxy groups -OCH3 is 1. The molecule has 9 heteroatoms. The van der Waals surface area contributed by atoms with Crippen LogP contribution in [0, 0.1) is 0 Å². The Labute approximate surface area is 139 Å².